The maximum absolute atomic E-state index is 9.75. The highest BCUT2D eigenvalue weighted by molar-refractivity contribution is 5.21. The minimum absolute atomic E-state index is 0.0506. The average molecular weight is 264 g/mol. The molecule has 0 saturated carbocycles. The number of ether oxygens (including phenoxy) is 1. The molecule has 1 heterocycles. The van der Waals surface area contributed by atoms with Gasteiger partial charge in [0.05, 0.1) is 12.2 Å². The average Bonchev–Trinajstić information content (AvgIpc) is 2.93. The molecule has 1 aromatic carbocycles. The van der Waals surface area contributed by atoms with Gasteiger partial charge in [0, 0.05) is 25.2 Å². The lowest BCUT2D eigenvalue weighted by Crippen LogP contribution is -2.46. The molecule has 4 N–H and O–H groups in total. The molecular formula is C15H24N2O2. The molecule has 1 aliphatic heterocycles. The first-order valence-corrected chi connectivity index (χ1v) is 7.02. The van der Waals surface area contributed by atoms with Gasteiger partial charge in [0.15, 0.2) is 0 Å². The Balaban J connectivity index is 2.01. The second-order valence-electron chi connectivity index (χ2n) is 5.25. The van der Waals surface area contributed by atoms with Gasteiger partial charge in [0.2, 0.25) is 0 Å². The van der Waals surface area contributed by atoms with Crippen molar-refractivity contribution in [1.29, 1.82) is 0 Å². The van der Waals surface area contributed by atoms with E-state index < -0.39 is 6.10 Å². The van der Waals surface area contributed by atoms with Gasteiger partial charge in [-0.2, -0.15) is 0 Å². The minimum Gasteiger partial charge on any atom is -0.392 e. The van der Waals surface area contributed by atoms with Gasteiger partial charge in [-0.25, -0.2) is 0 Å². The molecule has 4 nitrogen and oxygen atoms in total. The summed E-state index contributed by atoms with van der Waals surface area (Å²) in [6.45, 7) is 3.36. The third-order valence-electron chi connectivity index (χ3n) is 3.69. The second-order valence-corrected chi connectivity index (χ2v) is 5.25. The summed E-state index contributed by atoms with van der Waals surface area (Å²) in [4.78, 5) is 0. The van der Waals surface area contributed by atoms with Gasteiger partial charge >= 0.3 is 0 Å². The molecule has 0 radical (unpaired) electrons. The lowest BCUT2D eigenvalue weighted by Gasteiger charge is -2.28. The maximum atomic E-state index is 9.75. The summed E-state index contributed by atoms with van der Waals surface area (Å²) < 4.78 is 5.61. The molecular weight excluding hydrogens is 240 g/mol. The predicted octanol–water partition coefficient (Wildman–Crippen LogP) is 1.20. The third kappa shape index (κ3) is 4.01. The summed E-state index contributed by atoms with van der Waals surface area (Å²) in [5, 5.41) is 13.2. The van der Waals surface area contributed by atoms with Crippen LogP contribution >= 0.6 is 0 Å². The monoisotopic (exact) mass is 264 g/mol. The number of benzene rings is 1. The number of hydrogen-bond donors (Lipinski definition) is 3. The molecule has 4 atom stereocenters. The van der Waals surface area contributed by atoms with E-state index in [9.17, 15) is 5.11 Å². The standard InChI is InChI=1S/C15H24N2O2/c1-11(18)14(16)15(12-6-3-2-4-7-12)17-10-13-8-5-9-19-13/h2-4,6-7,11,13-15,17-18H,5,8-10,16H2,1H3. The first-order valence-electron chi connectivity index (χ1n) is 7.02. The van der Waals surface area contributed by atoms with E-state index in [2.05, 4.69) is 5.32 Å². The highest BCUT2D eigenvalue weighted by Gasteiger charge is 2.25. The second kappa shape index (κ2) is 7.01. The SMILES string of the molecule is CC(O)C(N)C(NCC1CCCO1)c1ccccc1. The van der Waals surface area contributed by atoms with E-state index in [0.717, 1.165) is 31.6 Å². The van der Waals surface area contributed by atoms with Gasteiger partial charge in [0.25, 0.3) is 0 Å². The van der Waals surface area contributed by atoms with Crippen LogP contribution in [0.15, 0.2) is 30.3 Å². The number of hydrogen-bond acceptors (Lipinski definition) is 4. The first kappa shape index (κ1) is 14.5. The van der Waals surface area contributed by atoms with Crippen LogP contribution < -0.4 is 11.1 Å². The van der Waals surface area contributed by atoms with Gasteiger partial charge < -0.3 is 20.9 Å². The first-order chi connectivity index (χ1) is 9.18. The fraction of sp³-hybridized carbons (Fsp3) is 0.600. The summed E-state index contributed by atoms with van der Waals surface area (Å²) in [6, 6.07) is 9.66. The summed E-state index contributed by atoms with van der Waals surface area (Å²) >= 11 is 0. The summed E-state index contributed by atoms with van der Waals surface area (Å²) in [5.74, 6) is 0. The topological polar surface area (TPSA) is 67.5 Å². The molecule has 19 heavy (non-hydrogen) atoms. The smallest absolute Gasteiger partial charge is 0.0700 e. The van der Waals surface area contributed by atoms with Gasteiger partial charge in [-0.15, -0.1) is 0 Å². The zero-order valence-corrected chi connectivity index (χ0v) is 11.5. The fourth-order valence-corrected chi connectivity index (χ4v) is 2.48. The Labute approximate surface area is 115 Å². The Bertz CT molecular complexity index is 364. The predicted molar refractivity (Wildman–Crippen MR) is 75.8 cm³/mol. The number of nitrogens with one attached hydrogen (secondary N) is 1. The van der Waals surface area contributed by atoms with E-state index in [4.69, 9.17) is 10.5 Å². The van der Waals surface area contributed by atoms with Gasteiger partial charge in [-0.3, -0.25) is 0 Å². The maximum Gasteiger partial charge on any atom is 0.0700 e. The van der Waals surface area contributed by atoms with Crippen LogP contribution in [0.4, 0.5) is 0 Å². The van der Waals surface area contributed by atoms with E-state index in [1.165, 1.54) is 0 Å². The van der Waals surface area contributed by atoms with Gasteiger partial charge in [0.1, 0.15) is 0 Å². The Hall–Kier alpha value is -0.940. The van der Waals surface area contributed by atoms with Crippen molar-refractivity contribution in [2.45, 2.75) is 44.1 Å². The normalized spacial score (nSPS) is 24.1. The molecule has 2 rings (SSSR count). The van der Waals surface area contributed by atoms with Crippen LogP contribution in [-0.2, 0) is 4.74 Å². The van der Waals surface area contributed by atoms with Crippen LogP contribution in [0.5, 0.6) is 0 Å². The Morgan fingerprint density at radius 3 is 2.74 bits per heavy atom. The van der Waals surface area contributed by atoms with Crippen molar-refractivity contribution in [3.63, 3.8) is 0 Å². The molecule has 106 valence electrons. The van der Waals surface area contributed by atoms with Crippen molar-refractivity contribution < 1.29 is 9.84 Å². The molecule has 1 saturated heterocycles. The molecule has 0 aliphatic carbocycles. The van der Waals surface area contributed by atoms with Crippen LogP contribution in [0, 0.1) is 0 Å². The van der Waals surface area contributed by atoms with Crippen LogP contribution in [0.2, 0.25) is 0 Å². The molecule has 0 aromatic heterocycles. The van der Waals surface area contributed by atoms with Crippen molar-refractivity contribution in [3.8, 4) is 0 Å². The Kier molecular flexibility index (Phi) is 5.34. The number of rotatable bonds is 6. The lowest BCUT2D eigenvalue weighted by molar-refractivity contribution is 0.0983. The van der Waals surface area contributed by atoms with E-state index in [1.54, 1.807) is 6.92 Å². The van der Waals surface area contributed by atoms with Crippen molar-refractivity contribution in [2.75, 3.05) is 13.2 Å². The van der Waals surface area contributed by atoms with E-state index in [-0.39, 0.29) is 18.2 Å². The molecule has 0 amide bonds. The zero-order valence-electron chi connectivity index (χ0n) is 11.5. The summed E-state index contributed by atoms with van der Waals surface area (Å²) in [6.07, 6.45) is 1.94. The van der Waals surface area contributed by atoms with Crippen molar-refractivity contribution in [2.24, 2.45) is 5.73 Å². The molecule has 4 heteroatoms. The lowest BCUT2D eigenvalue weighted by atomic mass is 9.96. The molecule has 1 fully saturated rings. The quantitative estimate of drug-likeness (QED) is 0.722. The highest BCUT2D eigenvalue weighted by Crippen LogP contribution is 2.19. The third-order valence-corrected chi connectivity index (χ3v) is 3.69. The highest BCUT2D eigenvalue weighted by atomic mass is 16.5. The largest absolute Gasteiger partial charge is 0.392 e. The van der Waals surface area contributed by atoms with Gasteiger partial charge in [-0.05, 0) is 25.3 Å². The number of aliphatic hydroxyl groups is 1. The van der Waals surface area contributed by atoms with Crippen molar-refractivity contribution >= 4 is 0 Å². The molecule has 0 spiro atoms. The van der Waals surface area contributed by atoms with Crippen molar-refractivity contribution in [1.82, 2.24) is 5.32 Å². The van der Waals surface area contributed by atoms with Crippen LogP contribution in [0.25, 0.3) is 0 Å². The zero-order chi connectivity index (χ0) is 13.7. The van der Waals surface area contributed by atoms with Crippen LogP contribution in [0.1, 0.15) is 31.4 Å². The van der Waals surface area contributed by atoms with Crippen LogP contribution in [0.3, 0.4) is 0 Å². The fourth-order valence-electron chi connectivity index (χ4n) is 2.48. The Morgan fingerprint density at radius 2 is 2.16 bits per heavy atom. The van der Waals surface area contributed by atoms with E-state index >= 15 is 0 Å². The molecule has 0 bridgehead atoms. The number of nitrogens with two attached hydrogens (primary N) is 1. The number of aliphatic hydroxyl groups excluding tert-OH is 1. The molecule has 1 aromatic rings. The molecule has 4 unspecified atom stereocenters. The van der Waals surface area contributed by atoms with Crippen molar-refractivity contribution in [3.05, 3.63) is 35.9 Å². The van der Waals surface area contributed by atoms with E-state index in [1.807, 2.05) is 30.3 Å². The minimum atomic E-state index is -0.554. The summed E-state index contributed by atoms with van der Waals surface area (Å²) in [5.41, 5.74) is 7.23. The van der Waals surface area contributed by atoms with E-state index in [0.29, 0.717) is 0 Å². The molecule has 1 aliphatic rings. The van der Waals surface area contributed by atoms with Gasteiger partial charge in [-0.1, -0.05) is 30.3 Å². The summed E-state index contributed by atoms with van der Waals surface area (Å²) in [7, 11) is 0. The Morgan fingerprint density at radius 1 is 1.42 bits per heavy atom. The van der Waals surface area contributed by atoms with Crippen LogP contribution in [-0.4, -0.2) is 36.5 Å².